The minimum atomic E-state index is -0.488. The lowest BCUT2D eigenvalue weighted by atomic mass is 10.1. The predicted molar refractivity (Wildman–Crippen MR) is 173 cm³/mol. The summed E-state index contributed by atoms with van der Waals surface area (Å²) in [4.78, 5) is 34.3. The topological polar surface area (TPSA) is 80.8 Å². The van der Waals surface area contributed by atoms with Crippen LogP contribution in [0.5, 0.6) is 0 Å². The number of anilines is 2. The molecule has 2 aromatic carbocycles. The van der Waals surface area contributed by atoms with Crippen LogP contribution in [0.3, 0.4) is 0 Å². The van der Waals surface area contributed by atoms with Gasteiger partial charge in [0, 0.05) is 69.7 Å². The van der Waals surface area contributed by atoms with Crippen LogP contribution in [0, 0.1) is 0 Å². The molecule has 2 aromatic heterocycles. The first-order valence-corrected chi connectivity index (χ1v) is 15.5. The zero-order valence-electron chi connectivity index (χ0n) is 25.4. The number of halogens is 1. The van der Waals surface area contributed by atoms with Gasteiger partial charge in [0.05, 0.1) is 16.9 Å². The molecule has 2 aliphatic rings. The van der Waals surface area contributed by atoms with E-state index in [0.29, 0.717) is 29.8 Å². The number of nitrogens with zero attached hydrogens (tertiary/aromatic N) is 6. The van der Waals surface area contributed by atoms with Gasteiger partial charge in [0.15, 0.2) is 5.65 Å². The van der Waals surface area contributed by atoms with Crippen molar-refractivity contribution >= 4 is 40.2 Å². The Hall–Kier alpha value is -3.82. The van der Waals surface area contributed by atoms with Gasteiger partial charge in [0.25, 0.3) is 0 Å². The first kappa shape index (κ1) is 29.3. The number of amides is 1. The molecular weight excluding hydrogens is 562 g/mol. The molecule has 1 amide bonds. The van der Waals surface area contributed by atoms with Gasteiger partial charge in [0.2, 0.25) is 0 Å². The monoisotopic (exact) mass is 601 g/mol. The summed E-state index contributed by atoms with van der Waals surface area (Å²) in [5.74, 6) is 0.767. The summed E-state index contributed by atoms with van der Waals surface area (Å²) in [6.45, 7) is 14.4. The van der Waals surface area contributed by atoms with Crippen LogP contribution in [0.2, 0.25) is 5.02 Å². The van der Waals surface area contributed by atoms with Crippen molar-refractivity contribution in [2.45, 2.75) is 39.3 Å². The Kier molecular flexibility index (Phi) is 8.20. The summed E-state index contributed by atoms with van der Waals surface area (Å²) in [6.07, 6.45) is 1.46. The number of fused-ring (bicyclic) bond motifs is 1. The normalized spacial score (nSPS) is 17.4. The second-order valence-electron chi connectivity index (χ2n) is 12.3. The Morgan fingerprint density at radius 2 is 1.56 bits per heavy atom. The Morgan fingerprint density at radius 3 is 2.21 bits per heavy atom. The second-order valence-corrected chi connectivity index (χ2v) is 12.8. The van der Waals surface area contributed by atoms with Crippen molar-refractivity contribution in [3.05, 3.63) is 71.4 Å². The van der Waals surface area contributed by atoms with Crippen molar-refractivity contribution in [3.8, 4) is 11.4 Å². The summed E-state index contributed by atoms with van der Waals surface area (Å²) in [5.41, 5.74) is 5.46. The molecule has 0 saturated carbocycles. The molecule has 2 saturated heterocycles. The molecule has 43 heavy (non-hydrogen) atoms. The number of hydrogen-bond acceptors (Lipinski definition) is 7. The van der Waals surface area contributed by atoms with Gasteiger partial charge in [-0.05, 0) is 57.5 Å². The minimum Gasteiger partial charge on any atom is -0.444 e. The molecule has 2 aliphatic heterocycles. The molecule has 1 atom stereocenters. The van der Waals surface area contributed by atoms with Crippen molar-refractivity contribution < 1.29 is 9.53 Å². The lowest BCUT2D eigenvalue weighted by Gasteiger charge is -2.39. The quantitative estimate of drug-likeness (QED) is 0.291. The number of nitrogens with one attached hydrogen (secondary N) is 1. The van der Waals surface area contributed by atoms with Crippen LogP contribution in [0.15, 0.2) is 60.8 Å². The van der Waals surface area contributed by atoms with Crippen LogP contribution in [0.25, 0.3) is 22.6 Å². The Bertz CT molecular complexity index is 1550. The molecule has 0 spiro atoms. The number of H-pyrrole nitrogens is 1. The highest BCUT2D eigenvalue weighted by Gasteiger charge is 2.27. The third-order valence-electron chi connectivity index (χ3n) is 8.35. The lowest BCUT2D eigenvalue weighted by molar-refractivity contribution is 0.0240. The molecule has 9 nitrogen and oxygen atoms in total. The highest BCUT2D eigenvalue weighted by molar-refractivity contribution is 6.34. The summed E-state index contributed by atoms with van der Waals surface area (Å²) in [7, 11) is 0. The van der Waals surface area contributed by atoms with Crippen LogP contribution in [-0.2, 0) is 4.74 Å². The SMILES string of the molecule is CC(c1ccccc1)N1CCN(c2c(Cl)cnc3nc(-c4ccc(N5CCN(C(=O)OC(C)(C)C)CC5)cc4)[nH]c23)CC1. The average molecular weight is 602 g/mol. The van der Waals surface area contributed by atoms with Gasteiger partial charge in [-0.25, -0.2) is 14.8 Å². The molecule has 1 N–H and O–H groups in total. The van der Waals surface area contributed by atoms with Gasteiger partial charge in [0.1, 0.15) is 16.9 Å². The molecule has 4 aromatic rings. The van der Waals surface area contributed by atoms with Gasteiger partial charge in [-0.3, -0.25) is 4.90 Å². The van der Waals surface area contributed by atoms with E-state index >= 15 is 0 Å². The molecule has 10 heteroatoms. The van der Waals surface area contributed by atoms with Gasteiger partial charge in [-0.2, -0.15) is 0 Å². The van der Waals surface area contributed by atoms with E-state index in [9.17, 15) is 4.79 Å². The minimum absolute atomic E-state index is 0.246. The molecule has 4 heterocycles. The van der Waals surface area contributed by atoms with E-state index in [4.69, 9.17) is 21.3 Å². The Labute approximate surface area is 258 Å². The number of carbonyl (C=O) groups excluding carboxylic acids is 1. The zero-order valence-corrected chi connectivity index (χ0v) is 26.1. The fraction of sp³-hybridized carbons (Fsp3) is 0.424. The molecule has 1 unspecified atom stereocenters. The largest absolute Gasteiger partial charge is 0.444 e. The van der Waals surface area contributed by atoms with Gasteiger partial charge in [-0.1, -0.05) is 41.9 Å². The number of imidazole rings is 1. The van der Waals surface area contributed by atoms with Crippen LogP contribution < -0.4 is 9.80 Å². The van der Waals surface area contributed by atoms with E-state index in [1.54, 1.807) is 11.1 Å². The number of hydrogen-bond donors (Lipinski definition) is 1. The number of rotatable bonds is 5. The lowest BCUT2D eigenvalue weighted by Crippen LogP contribution is -2.50. The maximum absolute atomic E-state index is 12.4. The van der Waals surface area contributed by atoms with E-state index in [-0.39, 0.29) is 6.09 Å². The standard InChI is InChI=1S/C33H40ClN7O2/c1-23(24-8-6-5-7-9-24)38-14-18-40(19-15-38)29-27(34)22-35-31-28(29)36-30(37-31)25-10-12-26(13-11-25)39-16-20-41(21-17-39)32(42)43-33(2,3)4/h5-13,22-23H,14-21H2,1-4H3,(H,35,36,37). The maximum atomic E-state index is 12.4. The van der Waals surface area contributed by atoms with E-state index < -0.39 is 5.60 Å². The molecule has 0 aliphatic carbocycles. The summed E-state index contributed by atoms with van der Waals surface area (Å²) in [6, 6.07) is 19.4. The first-order valence-electron chi connectivity index (χ1n) is 15.1. The molecular formula is C33H40ClN7O2. The van der Waals surface area contributed by atoms with Crippen LogP contribution in [0.4, 0.5) is 16.2 Å². The second kappa shape index (κ2) is 12.1. The van der Waals surface area contributed by atoms with Gasteiger partial charge >= 0.3 is 6.09 Å². The van der Waals surface area contributed by atoms with Crippen molar-refractivity contribution in [2.75, 3.05) is 62.2 Å². The third-order valence-corrected chi connectivity index (χ3v) is 8.62. The third kappa shape index (κ3) is 6.43. The number of ether oxygens (including phenoxy) is 1. The van der Waals surface area contributed by atoms with E-state index in [1.165, 1.54) is 5.56 Å². The van der Waals surface area contributed by atoms with E-state index in [1.807, 2.05) is 20.8 Å². The molecule has 226 valence electrons. The predicted octanol–water partition coefficient (Wildman–Crippen LogP) is 6.22. The maximum Gasteiger partial charge on any atom is 0.410 e. The Morgan fingerprint density at radius 1 is 0.907 bits per heavy atom. The number of piperazine rings is 2. The van der Waals surface area contributed by atoms with Crippen LogP contribution in [-0.4, -0.2) is 88.8 Å². The smallest absolute Gasteiger partial charge is 0.410 e. The molecule has 6 rings (SSSR count). The van der Waals surface area contributed by atoms with Gasteiger partial charge in [-0.15, -0.1) is 0 Å². The fourth-order valence-electron chi connectivity index (χ4n) is 5.95. The average Bonchev–Trinajstić information content (AvgIpc) is 3.45. The van der Waals surface area contributed by atoms with Crippen molar-refractivity contribution in [2.24, 2.45) is 0 Å². The van der Waals surface area contributed by atoms with Crippen LogP contribution in [0.1, 0.15) is 39.3 Å². The van der Waals surface area contributed by atoms with Crippen molar-refractivity contribution in [3.63, 3.8) is 0 Å². The number of carbonyl (C=O) groups is 1. The highest BCUT2D eigenvalue weighted by atomic mass is 35.5. The summed E-state index contributed by atoms with van der Waals surface area (Å²) in [5, 5.41) is 0.633. The zero-order chi connectivity index (χ0) is 30.1. The number of aromatic amines is 1. The van der Waals surface area contributed by atoms with E-state index in [0.717, 1.165) is 67.5 Å². The fourth-order valence-corrected chi connectivity index (χ4v) is 6.21. The molecule has 0 radical (unpaired) electrons. The van der Waals surface area contributed by atoms with Gasteiger partial charge < -0.3 is 24.4 Å². The van der Waals surface area contributed by atoms with Crippen LogP contribution >= 0.6 is 11.6 Å². The molecule has 0 bridgehead atoms. The van der Waals surface area contributed by atoms with Crippen molar-refractivity contribution in [1.29, 1.82) is 0 Å². The summed E-state index contributed by atoms with van der Waals surface area (Å²) >= 11 is 6.75. The summed E-state index contributed by atoms with van der Waals surface area (Å²) < 4.78 is 5.53. The Balaban J connectivity index is 1.13. The number of benzene rings is 2. The van der Waals surface area contributed by atoms with Crippen molar-refractivity contribution in [1.82, 2.24) is 24.8 Å². The number of aromatic nitrogens is 3. The molecule has 2 fully saturated rings. The van der Waals surface area contributed by atoms with E-state index in [2.05, 4.69) is 86.2 Å². The first-order chi connectivity index (χ1) is 20.7. The highest BCUT2D eigenvalue weighted by Crippen LogP contribution is 2.35. The number of pyridine rings is 1.